The van der Waals surface area contributed by atoms with Crippen LogP contribution >= 0.6 is 27.5 Å². The highest BCUT2D eigenvalue weighted by molar-refractivity contribution is 9.09. The predicted octanol–water partition coefficient (Wildman–Crippen LogP) is 5.18. The summed E-state index contributed by atoms with van der Waals surface area (Å²) in [7, 11) is 0. The van der Waals surface area contributed by atoms with Gasteiger partial charge in [0.25, 0.3) is 0 Å². The summed E-state index contributed by atoms with van der Waals surface area (Å²) < 4.78 is 0. The standard InChI is InChI=1S/C17H16BrClO/c1-2-12-8-10-14(11-9-12)17(20)16(19)15(18)13-6-4-3-5-7-13/h3-11,15-16H,2H2,1H3/t15-,16-/m1/s1. The summed E-state index contributed by atoms with van der Waals surface area (Å²) in [5.74, 6) is -0.0555. The van der Waals surface area contributed by atoms with Gasteiger partial charge in [-0.3, -0.25) is 4.79 Å². The largest absolute Gasteiger partial charge is 0.292 e. The van der Waals surface area contributed by atoms with Gasteiger partial charge in [0.1, 0.15) is 5.38 Å². The molecule has 2 atom stereocenters. The van der Waals surface area contributed by atoms with Crippen LogP contribution < -0.4 is 0 Å². The first-order valence-electron chi connectivity index (χ1n) is 6.59. The molecule has 0 amide bonds. The van der Waals surface area contributed by atoms with Gasteiger partial charge in [-0.15, -0.1) is 11.6 Å². The zero-order valence-electron chi connectivity index (χ0n) is 11.2. The Morgan fingerprint density at radius 2 is 1.70 bits per heavy atom. The fraction of sp³-hybridized carbons (Fsp3) is 0.235. The highest BCUT2D eigenvalue weighted by Gasteiger charge is 2.26. The Bertz CT molecular complexity index is 565. The van der Waals surface area contributed by atoms with E-state index in [1.54, 1.807) is 0 Å². The van der Waals surface area contributed by atoms with Crippen molar-refractivity contribution in [3.8, 4) is 0 Å². The number of ketones is 1. The third-order valence-corrected chi connectivity index (χ3v) is 5.08. The van der Waals surface area contributed by atoms with E-state index in [9.17, 15) is 4.79 Å². The van der Waals surface area contributed by atoms with Crippen molar-refractivity contribution in [2.75, 3.05) is 0 Å². The van der Waals surface area contributed by atoms with Crippen molar-refractivity contribution in [3.05, 3.63) is 71.3 Å². The molecule has 0 aliphatic carbocycles. The number of halogens is 2. The van der Waals surface area contributed by atoms with Crippen molar-refractivity contribution in [2.24, 2.45) is 0 Å². The number of hydrogen-bond acceptors (Lipinski definition) is 1. The van der Waals surface area contributed by atoms with E-state index in [4.69, 9.17) is 11.6 Å². The average Bonchev–Trinajstić information content (AvgIpc) is 2.53. The molecule has 0 heterocycles. The molecule has 0 radical (unpaired) electrons. The average molecular weight is 352 g/mol. The summed E-state index contributed by atoms with van der Waals surface area (Å²) in [4.78, 5) is 12.2. The summed E-state index contributed by atoms with van der Waals surface area (Å²) in [5, 5.41) is -0.620. The van der Waals surface area contributed by atoms with Crippen LogP contribution in [0.15, 0.2) is 54.6 Å². The summed E-state index contributed by atoms with van der Waals surface area (Å²) in [6.45, 7) is 2.09. The molecule has 0 N–H and O–H groups in total. The smallest absolute Gasteiger partial charge is 0.182 e. The minimum atomic E-state index is -0.620. The van der Waals surface area contributed by atoms with Crippen molar-refractivity contribution in [1.29, 1.82) is 0 Å². The van der Waals surface area contributed by atoms with E-state index in [0.29, 0.717) is 5.56 Å². The Morgan fingerprint density at radius 1 is 1.10 bits per heavy atom. The Morgan fingerprint density at radius 3 is 2.25 bits per heavy atom. The van der Waals surface area contributed by atoms with Gasteiger partial charge in [0.2, 0.25) is 0 Å². The van der Waals surface area contributed by atoms with Crippen LogP contribution in [0.5, 0.6) is 0 Å². The van der Waals surface area contributed by atoms with Crippen LogP contribution in [0.4, 0.5) is 0 Å². The fourth-order valence-electron chi connectivity index (χ4n) is 2.00. The number of benzene rings is 2. The van der Waals surface area contributed by atoms with Crippen LogP contribution in [0.1, 0.15) is 33.2 Å². The molecule has 2 rings (SSSR count). The van der Waals surface area contributed by atoms with Crippen LogP contribution in [0.2, 0.25) is 0 Å². The van der Waals surface area contributed by atoms with Crippen LogP contribution in [-0.4, -0.2) is 11.2 Å². The molecule has 1 nitrogen and oxygen atoms in total. The summed E-state index contributed by atoms with van der Waals surface area (Å²) in [6, 6.07) is 17.4. The molecule has 0 aliphatic heterocycles. The molecule has 3 heteroatoms. The van der Waals surface area contributed by atoms with Gasteiger partial charge in [-0.1, -0.05) is 77.5 Å². The van der Waals surface area contributed by atoms with Crippen LogP contribution in [0, 0.1) is 0 Å². The Balaban J connectivity index is 2.15. The molecule has 2 aromatic rings. The van der Waals surface area contributed by atoms with Crippen molar-refractivity contribution >= 4 is 33.3 Å². The quantitative estimate of drug-likeness (QED) is 0.536. The molecular weight excluding hydrogens is 336 g/mol. The van der Waals surface area contributed by atoms with Gasteiger partial charge in [-0.25, -0.2) is 0 Å². The molecule has 2 aromatic carbocycles. The van der Waals surface area contributed by atoms with E-state index < -0.39 is 5.38 Å². The van der Waals surface area contributed by atoms with Crippen molar-refractivity contribution in [3.63, 3.8) is 0 Å². The van der Waals surface area contributed by atoms with E-state index in [2.05, 4.69) is 22.9 Å². The van der Waals surface area contributed by atoms with Gasteiger partial charge in [-0.2, -0.15) is 0 Å². The Labute approximate surface area is 133 Å². The zero-order valence-corrected chi connectivity index (χ0v) is 13.6. The highest BCUT2D eigenvalue weighted by Crippen LogP contribution is 2.32. The van der Waals surface area contributed by atoms with Crippen molar-refractivity contribution < 1.29 is 4.79 Å². The maximum atomic E-state index is 12.4. The second-order valence-electron chi connectivity index (χ2n) is 4.63. The maximum absolute atomic E-state index is 12.4. The maximum Gasteiger partial charge on any atom is 0.182 e. The first-order valence-corrected chi connectivity index (χ1v) is 7.95. The number of alkyl halides is 2. The number of carbonyl (C=O) groups excluding carboxylic acids is 1. The second-order valence-corrected chi connectivity index (χ2v) is 6.09. The highest BCUT2D eigenvalue weighted by atomic mass is 79.9. The molecule has 0 bridgehead atoms. The molecule has 104 valence electrons. The molecule has 0 aliphatic rings. The fourth-order valence-corrected chi connectivity index (χ4v) is 2.82. The topological polar surface area (TPSA) is 17.1 Å². The molecule has 0 saturated carbocycles. The first kappa shape index (κ1) is 15.3. The number of Topliss-reactive ketones (excluding diaryl/α,β-unsaturated/α-hetero) is 1. The number of rotatable bonds is 5. The molecule has 0 unspecified atom stereocenters. The normalized spacial score (nSPS) is 13.8. The van der Waals surface area contributed by atoms with Gasteiger partial charge in [0.05, 0.1) is 4.83 Å². The monoisotopic (exact) mass is 350 g/mol. The van der Waals surface area contributed by atoms with Crippen LogP contribution in [-0.2, 0) is 6.42 Å². The molecule has 0 saturated heterocycles. The predicted molar refractivity (Wildman–Crippen MR) is 87.9 cm³/mol. The minimum Gasteiger partial charge on any atom is -0.292 e. The Kier molecular flexibility index (Phi) is 5.38. The lowest BCUT2D eigenvalue weighted by Crippen LogP contribution is -2.19. The lowest BCUT2D eigenvalue weighted by Gasteiger charge is -2.16. The number of carbonyl (C=O) groups is 1. The Hall–Kier alpha value is -1.12. The lowest BCUT2D eigenvalue weighted by molar-refractivity contribution is 0.0986. The van der Waals surface area contributed by atoms with E-state index in [1.807, 2.05) is 54.6 Å². The molecule has 0 aromatic heterocycles. The van der Waals surface area contributed by atoms with Crippen LogP contribution in [0.25, 0.3) is 0 Å². The third-order valence-electron chi connectivity index (χ3n) is 3.27. The van der Waals surface area contributed by atoms with Gasteiger partial charge in [-0.05, 0) is 17.5 Å². The van der Waals surface area contributed by atoms with E-state index in [-0.39, 0.29) is 10.6 Å². The summed E-state index contributed by atoms with van der Waals surface area (Å²) in [5.41, 5.74) is 2.87. The second kappa shape index (κ2) is 7.05. The number of aryl methyl sites for hydroxylation is 1. The van der Waals surface area contributed by atoms with E-state index in [1.165, 1.54) is 5.56 Å². The van der Waals surface area contributed by atoms with Gasteiger partial charge >= 0.3 is 0 Å². The number of hydrogen-bond donors (Lipinski definition) is 0. The summed E-state index contributed by atoms with van der Waals surface area (Å²) in [6.07, 6.45) is 0.962. The molecular formula is C17H16BrClO. The molecule has 0 fully saturated rings. The SMILES string of the molecule is CCc1ccc(C(=O)[C@H](Cl)[C@H](Br)c2ccccc2)cc1. The van der Waals surface area contributed by atoms with Gasteiger partial charge in [0.15, 0.2) is 5.78 Å². The van der Waals surface area contributed by atoms with Crippen molar-refractivity contribution in [1.82, 2.24) is 0 Å². The van der Waals surface area contributed by atoms with E-state index in [0.717, 1.165) is 12.0 Å². The third kappa shape index (κ3) is 3.50. The lowest BCUT2D eigenvalue weighted by atomic mass is 10.0. The van der Waals surface area contributed by atoms with E-state index >= 15 is 0 Å². The minimum absolute atomic E-state index is 0.0555. The molecule has 0 spiro atoms. The first-order chi connectivity index (χ1) is 9.63. The summed E-state index contributed by atoms with van der Waals surface area (Å²) >= 11 is 9.85. The molecule has 20 heavy (non-hydrogen) atoms. The van der Waals surface area contributed by atoms with Gasteiger partial charge < -0.3 is 0 Å². The zero-order chi connectivity index (χ0) is 14.5. The van der Waals surface area contributed by atoms with Crippen molar-refractivity contribution in [2.45, 2.75) is 23.5 Å². The van der Waals surface area contributed by atoms with Crippen LogP contribution in [0.3, 0.4) is 0 Å². The van der Waals surface area contributed by atoms with Gasteiger partial charge in [0, 0.05) is 5.56 Å².